The van der Waals surface area contributed by atoms with Gasteiger partial charge in [0.25, 0.3) is 11.6 Å². The highest BCUT2D eigenvalue weighted by Gasteiger charge is 2.14. The standard InChI is InChI=1S/C8H10BrN3O3/c1-5(9)3-11-8(13)7-2-6(4-10-7)12(14)15/h2,4-5,10H,3H2,1H3,(H,11,13). The molecule has 0 aromatic carbocycles. The lowest BCUT2D eigenvalue weighted by atomic mass is 10.3. The van der Waals surface area contributed by atoms with E-state index in [1.54, 1.807) is 0 Å². The Balaban J connectivity index is 2.62. The zero-order chi connectivity index (χ0) is 11.4. The average Bonchev–Trinajstić information content (AvgIpc) is 2.62. The van der Waals surface area contributed by atoms with Crippen molar-refractivity contribution in [3.63, 3.8) is 0 Å². The highest BCUT2D eigenvalue weighted by Crippen LogP contribution is 2.11. The number of carbonyl (C=O) groups is 1. The molecular formula is C8H10BrN3O3. The zero-order valence-corrected chi connectivity index (χ0v) is 9.58. The Morgan fingerprint density at radius 2 is 2.47 bits per heavy atom. The van der Waals surface area contributed by atoms with Gasteiger partial charge in [-0.1, -0.05) is 22.9 Å². The van der Waals surface area contributed by atoms with Crippen molar-refractivity contribution in [2.45, 2.75) is 11.8 Å². The first-order chi connectivity index (χ1) is 7.00. The van der Waals surface area contributed by atoms with Crippen LogP contribution in [0.15, 0.2) is 12.3 Å². The van der Waals surface area contributed by atoms with Gasteiger partial charge in [0.1, 0.15) is 5.69 Å². The van der Waals surface area contributed by atoms with Crippen LogP contribution in [-0.4, -0.2) is 27.2 Å². The summed E-state index contributed by atoms with van der Waals surface area (Å²) in [4.78, 5) is 23.9. The average molecular weight is 276 g/mol. The highest BCUT2D eigenvalue weighted by atomic mass is 79.9. The summed E-state index contributed by atoms with van der Waals surface area (Å²) in [5.41, 5.74) is 0.0712. The lowest BCUT2D eigenvalue weighted by Crippen LogP contribution is -2.28. The number of aromatic nitrogens is 1. The molecule has 1 heterocycles. The summed E-state index contributed by atoms with van der Waals surface area (Å²) in [7, 11) is 0. The van der Waals surface area contributed by atoms with E-state index in [2.05, 4.69) is 26.2 Å². The SMILES string of the molecule is CC(Br)CNC(=O)c1cc([N+](=O)[O-])c[nH]1. The number of nitrogens with one attached hydrogen (secondary N) is 2. The molecule has 1 aromatic rings. The van der Waals surface area contributed by atoms with E-state index in [9.17, 15) is 14.9 Å². The molecule has 0 radical (unpaired) electrons. The fraction of sp³-hybridized carbons (Fsp3) is 0.375. The minimum atomic E-state index is -0.555. The quantitative estimate of drug-likeness (QED) is 0.495. The maximum Gasteiger partial charge on any atom is 0.287 e. The number of halogens is 1. The van der Waals surface area contributed by atoms with Crippen LogP contribution in [0.25, 0.3) is 0 Å². The third-order valence-corrected chi connectivity index (χ3v) is 1.99. The molecule has 1 rings (SSSR count). The summed E-state index contributed by atoms with van der Waals surface area (Å²) in [6.07, 6.45) is 1.19. The Hall–Kier alpha value is -1.37. The number of H-pyrrole nitrogens is 1. The topological polar surface area (TPSA) is 88.0 Å². The second kappa shape index (κ2) is 4.92. The summed E-state index contributed by atoms with van der Waals surface area (Å²) in [6.45, 7) is 2.35. The van der Waals surface area contributed by atoms with Crippen LogP contribution < -0.4 is 5.32 Å². The van der Waals surface area contributed by atoms with Crippen LogP contribution in [0.5, 0.6) is 0 Å². The molecule has 1 amide bonds. The normalized spacial score (nSPS) is 12.1. The summed E-state index contributed by atoms with van der Waals surface area (Å²) >= 11 is 3.27. The maximum atomic E-state index is 11.4. The van der Waals surface area contributed by atoms with E-state index in [0.29, 0.717) is 6.54 Å². The van der Waals surface area contributed by atoms with Gasteiger partial charge in [0, 0.05) is 17.4 Å². The molecule has 15 heavy (non-hydrogen) atoms. The van der Waals surface area contributed by atoms with E-state index < -0.39 is 4.92 Å². The summed E-state index contributed by atoms with van der Waals surface area (Å²) in [5, 5.41) is 13.0. The lowest BCUT2D eigenvalue weighted by Gasteiger charge is -2.04. The highest BCUT2D eigenvalue weighted by molar-refractivity contribution is 9.09. The van der Waals surface area contributed by atoms with Gasteiger partial charge >= 0.3 is 0 Å². The third-order valence-electron chi connectivity index (χ3n) is 1.67. The van der Waals surface area contributed by atoms with Crippen LogP contribution in [0, 0.1) is 10.1 Å². The number of rotatable bonds is 4. The second-order valence-electron chi connectivity index (χ2n) is 3.02. The van der Waals surface area contributed by atoms with Crippen LogP contribution in [0.4, 0.5) is 5.69 Å². The smallest absolute Gasteiger partial charge is 0.287 e. The minimum Gasteiger partial charge on any atom is -0.351 e. The van der Waals surface area contributed by atoms with Gasteiger partial charge in [0.05, 0.1) is 11.1 Å². The number of alkyl halides is 1. The largest absolute Gasteiger partial charge is 0.351 e. The van der Waals surface area contributed by atoms with Crippen LogP contribution >= 0.6 is 15.9 Å². The van der Waals surface area contributed by atoms with Crippen molar-refractivity contribution in [3.05, 3.63) is 28.1 Å². The molecule has 1 atom stereocenters. The summed E-state index contributed by atoms with van der Waals surface area (Å²) < 4.78 is 0. The Bertz CT molecular complexity index is 375. The van der Waals surface area contributed by atoms with E-state index >= 15 is 0 Å². The number of hydrogen-bond acceptors (Lipinski definition) is 3. The van der Waals surface area contributed by atoms with E-state index in [1.807, 2.05) is 6.92 Å². The Kier molecular flexibility index (Phi) is 3.84. The molecule has 2 N–H and O–H groups in total. The molecule has 6 nitrogen and oxygen atoms in total. The minimum absolute atomic E-state index is 0.118. The van der Waals surface area contributed by atoms with Crippen molar-refractivity contribution >= 4 is 27.5 Å². The molecule has 0 aliphatic rings. The van der Waals surface area contributed by atoms with Gasteiger partial charge in [-0.05, 0) is 0 Å². The predicted molar refractivity (Wildman–Crippen MR) is 58.2 cm³/mol. The molecule has 1 unspecified atom stereocenters. The van der Waals surface area contributed by atoms with Crippen LogP contribution in [-0.2, 0) is 0 Å². The Morgan fingerprint density at radius 1 is 1.80 bits per heavy atom. The third kappa shape index (κ3) is 3.35. The van der Waals surface area contributed by atoms with Gasteiger partial charge in [-0.2, -0.15) is 0 Å². The first-order valence-electron chi connectivity index (χ1n) is 4.25. The Morgan fingerprint density at radius 3 is 2.93 bits per heavy atom. The molecule has 0 saturated heterocycles. The molecule has 0 spiro atoms. The van der Waals surface area contributed by atoms with E-state index in [-0.39, 0.29) is 22.1 Å². The van der Waals surface area contributed by atoms with Gasteiger partial charge in [0.2, 0.25) is 0 Å². The molecular weight excluding hydrogens is 266 g/mol. The van der Waals surface area contributed by atoms with Gasteiger partial charge in [0.15, 0.2) is 0 Å². The molecule has 82 valence electrons. The van der Waals surface area contributed by atoms with Gasteiger partial charge in [-0.25, -0.2) is 0 Å². The Labute approximate surface area is 94.3 Å². The van der Waals surface area contributed by atoms with Crippen LogP contribution in [0.3, 0.4) is 0 Å². The van der Waals surface area contributed by atoms with Crippen molar-refractivity contribution in [2.75, 3.05) is 6.54 Å². The number of nitrogens with zero attached hydrogens (tertiary/aromatic N) is 1. The molecule has 0 bridgehead atoms. The van der Waals surface area contributed by atoms with Crippen molar-refractivity contribution < 1.29 is 9.72 Å². The number of aromatic amines is 1. The number of hydrogen-bond donors (Lipinski definition) is 2. The van der Waals surface area contributed by atoms with Gasteiger partial charge < -0.3 is 10.3 Å². The summed E-state index contributed by atoms with van der Waals surface area (Å²) in [6, 6.07) is 1.20. The molecule has 0 aliphatic heterocycles. The van der Waals surface area contributed by atoms with Gasteiger partial charge in [-0.15, -0.1) is 0 Å². The predicted octanol–water partition coefficient (Wildman–Crippen LogP) is 1.44. The number of carbonyl (C=O) groups excluding carboxylic acids is 1. The second-order valence-corrected chi connectivity index (χ2v) is 4.58. The van der Waals surface area contributed by atoms with Crippen LogP contribution in [0.2, 0.25) is 0 Å². The first kappa shape index (κ1) is 11.7. The number of amides is 1. The zero-order valence-electron chi connectivity index (χ0n) is 7.99. The van der Waals surface area contributed by atoms with Crippen LogP contribution in [0.1, 0.15) is 17.4 Å². The molecule has 0 fully saturated rings. The van der Waals surface area contributed by atoms with Crippen molar-refractivity contribution in [3.8, 4) is 0 Å². The maximum absolute atomic E-state index is 11.4. The molecule has 1 aromatic heterocycles. The van der Waals surface area contributed by atoms with Crippen molar-refractivity contribution in [1.82, 2.24) is 10.3 Å². The fourth-order valence-corrected chi connectivity index (χ4v) is 1.11. The fourth-order valence-electron chi connectivity index (χ4n) is 0.948. The van der Waals surface area contributed by atoms with Crippen molar-refractivity contribution in [1.29, 1.82) is 0 Å². The van der Waals surface area contributed by atoms with E-state index in [1.165, 1.54) is 12.3 Å². The van der Waals surface area contributed by atoms with E-state index in [0.717, 1.165) is 0 Å². The monoisotopic (exact) mass is 275 g/mol. The number of nitro groups is 1. The van der Waals surface area contributed by atoms with E-state index in [4.69, 9.17) is 0 Å². The lowest BCUT2D eigenvalue weighted by molar-refractivity contribution is -0.384. The van der Waals surface area contributed by atoms with Crippen molar-refractivity contribution in [2.24, 2.45) is 0 Å². The summed E-state index contributed by atoms with van der Waals surface area (Å²) in [5.74, 6) is -0.352. The first-order valence-corrected chi connectivity index (χ1v) is 5.17. The van der Waals surface area contributed by atoms with Gasteiger partial charge in [-0.3, -0.25) is 14.9 Å². The molecule has 0 aliphatic carbocycles. The molecule has 7 heteroatoms. The molecule has 0 saturated carbocycles.